The molecule has 1 atom stereocenters. The fraction of sp³-hybridized carbons (Fsp3) is 0.286. The van der Waals surface area contributed by atoms with Gasteiger partial charge in [-0.05, 0) is 31.6 Å². The molecule has 0 saturated heterocycles. The summed E-state index contributed by atoms with van der Waals surface area (Å²) in [5, 5.41) is 6.04. The summed E-state index contributed by atoms with van der Waals surface area (Å²) >= 11 is 5.11. The Hall–Kier alpha value is -1.88. The molecule has 5 heteroatoms. The molecule has 0 aliphatic carbocycles. The normalized spacial score (nSPS) is 19.6. The van der Waals surface area contributed by atoms with Crippen LogP contribution in [0.25, 0.3) is 0 Å². The second-order valence-corrected chi connectivity index (χ2v) is 4.60. The second kappa shape index (κ2) is 5.84. The zero-order valence-electron chi connectivity index (χ0n) is 10.9. The Kier molecular flexibility index (Phi) is 4.16. The maximum Gasteiger partial charge on any atom is 0.256 e. The van der Waals surface area contributed by atoms with Crippen molar-refractivity contribution in [3.8, 4) is 0 Å². The molecule has 2 rings (SSSR count). The van der Waals surface area contributed by atoms with Gasteiger partial charge in [0.25, 0.3) is 5.91 Å². The highest BCUT2D eigenvalue weighted by Gasteiger charge is 2.27. The Morgan fingerprint density at radius 3 is 2.63 bits per heavy atom. The van der Waals surface area contributed by atoms with Gasteiger partial charge in [-0.15, -0.1) is 0 Å². The quantitative estimate of drug-likeness (QED) is 0.830. The summed E-state index contributed by atoms with van der Waals surface area (Å²) in [5.74, 6) is 0.394. The Labute approximate surface area is 117 Å². The van der Waals surface area contributed by atoms with Crippen molar-refractivity contribution in [2.75, 3.05) is 6.61 Å². The van der Waals surface area contributed by atoms with Crippen LogP contribution in [0.5, 0.6) is 0 Å². The van der Waals surface area contributed by atoms with Gasteiger partial charge in [0.15, 0.2) is 5.11 Å². The third-order valence-corrected chi connectivity index (χ3v) is 3.13. The summed E-state index contributed by atoms with van der Waals surface area (Å²) in [6.45, 7) is 4.13. The Morgan fingerprint density at radius 2 is 2.00 bits per heavy atom. The van der Waals surface area contributed by atoms with E-state index < -0.39 is 0 Å². The highest BCUT2D eigenvalue weighted by molar-refractivity contribution is 7.80. The molecular weight excluding hydrogens is 260 g/mol. The van der Waals surface area contributed by atoms with E-state index >= 15 is 0 Å². The first-order valence-corrected chi connectivity index (χ1v) is 6.54. The van der Waals surface area contributed by atoms with Crippen LogP contribution in [-0.4, -0.2) is 17.6 Å². The summed E-state index contributed by atoms with van der Waals surface area (Å²) < 4.78 is 5.66. The predicted molar refractivity (Wildman–Crippen MR) is 77.4 cm³/mol. The van der Waals surface area contributed by atoms with Crippen LogP contribution >= 0.6 is 12.2 Å². The smallest absolute Gasteiger partial charge is 0.256 e. The molecule has 2 N–H and O–H groups in total. The van der Waals surface area contributed by atoms with Crippen LogP contribution < -0.4 is 10.6 Å². The van der Waals surface area contributed by atoms with Crippen molar-refractivity contribution in [3.63, 3.8) is 0 Å². The standard InChI is InChI=1S/C14H16N2O2S/c1-3-18-12-9(2)13(17)16-14(19)15-11(12)10-7-5-4-6-8-10/h4-8,11H,3H2,1-2H3,(H2,15,16,17,19)/t11-/m0/s1. The first-order chi connectivity index (χ1) is 9.13. The SMILES string of the molecule is CCOC1=C(C)C(=O)NC(=S)N[C@H]1c1ccccc1. The molecule has 19 heavy (non-hydrogen) atoms. The number of benzene rings is 1. The summed E-state index contributed by atoms with van der Waals surface area (Å²) in [6.07, 6.45) is 0. The third kappa shape index (κ3) is 2.93. The molecule has 100 valence electrons. The highest BCUT2D eigenvalue weighted by atomic mass is 32.1. The van der Waals surface area contributed by atoms with Crippen LogP contribution in [0, 0.1) is 0 Å². The summed E-state index contributed by atoms with van der Waals surface area (Å²) in [4.78, 5) is 11.9. The van der Waals surface area contributed by atoms with E-state index in [1.54, 1.807) is 6.92 Å². The lowest BCUT2D eigenvalue weighted by Gasteiger charge is -2.21. The number of amides is 1. The van der Waals surface area contributed by atoms with E-state index in [-0.39, 0.29) is 11.9 Å². The lowest BCUT2D eigenvalue weighted by Crippen LogP contribution is -2.38. The molecule has 1 amide bonds. The molecule has 0 unspecified atom stereocenters. The number of rotatable bonds is 3. The molecule has 1 aromatic carbocycles. The van der Waals surface area contributed by atoms with E-state index in [4.69, 9.17) is 17.0 Å². The van der Waals surface area contributed by atoms with Crippen molar-refractivity contribution in [1.82, 2.24) is 10.6 Å². The summed E-state index contributed by atoms with van der Waals surface area (Å²) in [7, 11) is 0. The van der Waals surface area contributed by atoms with Gasteiger partial charge in [-0.3, -0.25) is 10.1 Å². The molecule has 1 aliphatic rings. The van der Waals surface area contributed by atoms with E-state index in [0.29, 0.717) is 23.1 Å². The number of nitrogens with one attached hydrogen (secondary N) is 2. The number of hydrogen-bond acceptors (Lipinski definition) is 3. The summed E-state index contributed by atoms with van der Waals surface area (Å²) in [5.41, 5.74) is 1.55. The van der Waals surface area contributed by atoms with Gasteiger partial charge in [0.2, 0.25) is 0 Å². The minimum absolute atomic E-state index is 0.223. The van der Waals surface area contributed by atoms with Gasteiger partial charge in [-0.1, -0.05) is 30.3 Å². The highest BCUT2D eigenvalue weighted by Crippen LogP contribution is 2.27. The van der Waals surface area contributed by atoms with Crippen molar-refractivity contribution in [1.29, 1.82) is 0 Å². The lowest BCUT2D eigenvalue weighted by atomic mass is 10.0. The Balaban J connectivity index is 2.47. The molecule has 0 radical (unpaired) electrons. The molecule has 0 saturated carbocycles. The van der Waals surface area contributed by atoms with Crippen molar-refractivity contribution in [2.45, 2.75) is 19.9 Å². The number of carbonyl (C=O) groups excluding carboxylic acids is 1. The molecule has 0 spiro atoms. The van der Waals surface area contributed by atoms with Gasteiger partial charge < -0.3 is 10.1 Å². The number of ether oxygens (including phenoxy) is 1. The number of carbonyl (C=O) groups is 1. The minimum atomic E-state index is -0.243. The molecule has 0 bridgehead atoms. The van der Waals surface area contributed by atoms with Crippen LogP contribution in [0.15, 0.2) is 41.7 Å². The maximum absolute atomic E-state index is 11.9. The van der Waals surface area contributed by atoms with Crippen molar-refractivity contribution >= 4 is 23.2 Å². The van der Waals surface area contributed by atoms with Crippen molar-refractivity contribution in [3.05, 3.63) is 47.2 Å². The van der Waals surface area contributed by atoms with E-state index in [9.17, 15) is 4.79 Å². The van der Waals surface area contributed by atoms with E-state index in [0.717, 1.165) is 5.56 Å². The van der Waals surface area contributed by atoms with E-state index in [2.05, 4.69) is 10.6 Å². The first-order valence-electron chi connectivity index (χ1n) is 6.13. The minimum Gasteiger partial charge on any atom is -0.495 e. The number of thiocarbonyl (C=S) groups is 1. The van der Waals surface area contributed by atoms with Gasteiger partial charge in [-0.2, -0.15) is 0 Å². The molecule has 1 heterocycles. The van der Waals surface area contributed by atoms with E-state index in [1.807, 2.05) is 37.3 Å². The molecule has 0 fully saturated rings. The van der Waals surface area contributed by atoms with Crippen molar-refractivity contribution < 1.29 is 9.53 Å². The first kappa shape index (κ1) is 13.5. The van der Waals surface area contributed by atoms with Crippen molar-refractivity contribution in [2.24, 2.45) is 0 Å². The fourth-order valence-corrected chi connectivity index (χ4v) is 2.20. The molecule has 1 aliphatic heterocycles. The zero-order chi connectivity index (χ0) is 13.8. The fourth-order valence-electron chi connectivity index (χ4n) is 1.99. The molecular formula is C14H16N2O2S. The van der Waals surface area contributed by atoms with Gasteiger partial charge in [0, 0.05) is 0 Å². The average Bonchev–Trinajstić information content (AvgIpc) is 2.52. The van der Waals surface area contributed by atoms with Crippen LogP contribution in [0.3, 0.4) is 0 Å². The maximum atomic E-state index is 11.9. The Bertz CT molecular complexity index is 526. The summed E-state index contributed by atoms with van der Waals surface area (Å²) in [6, 6.07) is 9.54. The van der Waals surface area contributed by atoms with Crippen LogP contribution in [0.4, 0.5) is 0 Å². The van der Waals surface area contributed by atoms with Gasteiger partial charge in [0.05, 0.1) is 12.2 Å². The molecule has 4 nitrogen and oxygen atoms in total. The predicted octanol–water partition coefficient (Wildman–Crippen LogP) is 2.04. The van der Waals surface area contributed by atoms with E-state index in [1.165, 1.54) is 0 Å². The monoisotopic (exact) mass is 276 g/mol. The van der Waals surface area contributed by atoms with Gasteiger partial charge >= 0.3 is 0 Å². The van der Waals surface area contributed by atoms with Gasteiger partial charge in [-0.25, -0.2) is 0 Å². The third-order valence-electron chi connectivity index (χ3n) is 2.91. The second-order valence-electron chi connectivity index (χ2n) is 4.19. The topological polar surface area (TPSA) is 50.4 Å². The average molecular weight is 276 g/mol. The van der Waals surface area contributed by atoms with Crippen LogP contribution in [0.1, 0.15) is 25.5 Å². The zero-order valence-corrected chi connectivity index (χ0v) is 11.7. The Morgan fingerprint density at radius 1 is 1.32 bits per heavy atom. The van der Waals surface area contributed by atoms with Crippen LogP contribution in [0.2, 0.25) is 0 Å². The lowest BCUT2D eigenvalue weighted by molar-refractivity contribution is -0.116. The molecule has 0 aromatic heterocycles. The molecule has 1 aromatic rings. The largest absolute Gasteiger partial charge is 0.495 e. The van der Waals surface area contributed by atoms with Crippen LogP contribution in [-0.2, 0) is 9.53 Å². The van der Waals surface area contributed by atoms with Gasteiger partial charge in [0.1, 0.15) is 11.8 Å². The number of hydrogen-bond donors (Lipinski definition) is 2.